The Balaban J connectivity index is 2.08. The number of hydrogen-bond donors (Lipinski definition) is 1. The first-order valence-electron chi connectivity index (χ1n) is 5.32. The summed E-state index contributed by atoms with van der Waals surface area (Å²) in [7, 11) is 0. The van der Waals surface area contributed by atoms with Gasteiger partial charge < -0.3 is 5.32 Å². The lowest BCUT2D eigenvalue weighted by Gasteiger charge is -2.02. The van der Waals surface area contributed by atoms with Crippen LogP contribution in [0.15, 0.2) is 12.4 Å². The summed E-state index contributed by atoms with van der Waals surface area (Å²) in [5.74, 6) is 0.878. The van der Waals surface area contributed by atoms with E-state index < -0.39 is 0 Å². The number of nitrogens with zero attached hydrogens (tertiary/aromatic N) is 4. The van der Waals surface area contributed by atoms with Crippen LogP contribution in [0, 0.1) is 0 Å². The van der Waals surface area contributed by atoms with Crippen LogP contribution in [0.1, 0.15) is 32.6 Å². The quantitative estimate of drug-likeness (QED) is 0.888. The summed E-state index contributed by atoms with van der Waals surface area (Å²) in [5.41, 5.74) is 0.951. The van der Waals surface area contributed by atoms with Gasteiger partial charge in [-0.05, 0) is 13.8 Å². The summed E-state index contributed by atoms with van der Waals surface area (Å²) in [6.45, 7) is 6.23. The van der Waals surface area contributed by atoms with Gasteiger partial charge in [0.2, 0.25) is 5.13 Å². The highest BCUT2D eigenvalue weighted by Gasteiger charge is 2.05. The van der Waals surface area contributed by atoms with E-state index in [1.54, 1.807) is 6.20 Å². The Morgan fingerprint density at radius 3 is 2.88 bits per heavy atom. The van der Waals surface area contributed by atoms with Crippen molar-refractivity contribution in [2.24, 2.45) is 0 Å². The molecule has 0 aliphatic rings. The van der Waals surface area contributed by atoms with Crippen molar-refractivity contribution < 1.29 is 0 Å². The molecule has 0 aromatic carbocycles. The molecule has 86 valence electrons. The van der Waals surface area contributed by atoms with Crippen LogP contribution >= 0.6 is 11.5 Å². The zero-order valence-electron chi connectivity index (χ0n) is 9.64. The number of nitrogens with one attached hydrogen (secondary N) is 1. The third kappa shape index (κ3) is 2.38. The molecule has 5 nitrogen and oxygen atoms in total. The molecule has 16 heavy (non-hydrogen) atoms. The summed E-state index contributed by atoms with van der Waals surface area (Å²) in [4.78, 5) is 4.34. The minimum Gasteiger partial charge on any atom is -0.328 e. The fraction of sp³-hybridized carbons (Fsp3) is 0.500. The van der Waals surface area contributed by atoms with E-state index in [4.69, 9.17) is 0 Å². The molecule has 2 aromatic rings. The first-order valence-corrected chi connectivity index (χ1v) is 6.10. The molecule has 0 spiro atoms. The third-order valence-electron chi connectivity index (χ3n) is 2.17. The molecule has 6 heteroatoms. The predicted octanol–water partition coefficient (Wildman–Crippen LogP) is 2.62. The first-order chi connectivity index (χ1) is 7.69. The molecular formula is C10H15N5S. The molecular weight excluding hydrogens is 222 g/mol. The maximum absolute atomic E-state index is 4.34. The predicted molar refractivity (Wildman–Crippen MR) is 65.2 cm³/mol. The molecule has 0 saturated heterocycles. The molecule has 0 aliphatic heterocycles. The lowest BCUT2D eigenvalue weighted by Crippen LogP contribution is -1.99. The highest BCUT2D eigenvalue weighted by atomic mass is 32.1. The molecule has 2 rings (SSSR count). The van der Waals surface area contributed by atoms with E-state index in [0.29, 0.717) is 6.04 Å². The molecule has 0 aliphatic carbocycles. The van der Waals surface area contributed by atoms with E-state index in [-0.39, 0.29) is 0 Å². The maximum atomic E-state index is 4.34. The number of rotatable bonds is 4. The van der Waals surface area contributed by atoms with Gasteiger partial charge in [0.05, 0.1) is 11.9 Å². The summed E-state index contributed by atoms with van der Waals surface area (Å²) in [6.07, 6.45) is 4.63. The number of hydrogen-bond acceptors (Lipinski definition) is 5. The zero-order valence-corrected chi connectivity index (χ0v) is 10.5. The lowest BCUT2D eigenvalue weighted by molar-refractivity contribution is 0.532. The average Bonchev–Trinajstić information content (AvgIpc) is 2.87. The molecule has 2 heterocycles. The van der Waals surface area contributed by atoms with Crippen molar-refractivity contribution in [2.75, 3.05) is 5.32 Å². The molecule has 0 saturated carbocycles. The molecule has 0 unspecified atom stereocenters. The molecule has 2 aromatic heterocycles. The summed E-state index contributed by atoms with van der Waals surface area (Å²) >= 11 is 1.38. The van der Waals surface area contributed by atoms with E-state index in [9.17, 15) is 0 Å². The van der Waals surface area contributed by atoms with Gasteiger partial charge in [-0.25, -0.2) is 4.98 Å². The second-order valence-corrected chi connectivity index (χ2v) is 4.55. The maximum Gasteiger partial charge on any atom is 0.207 e. The molecule has 0 bridgehead atoms. The summed E-state index contributed by atoms with van der Waals surface area (Å²) in [5, 5.41) is 8.26. The standard InChI is InChI=1S/C10H15N5S/c1-4-9-13-10(16-14-9)12-8-5-11-15(6-8)7(2)3/h5-7H,4H2,1-3H3,(H,12,13,14). The second kappa shape index (κ2) is 4.61. The van der Waals surface area contributed by atoms with Crippen LogP contribution in [-0.2, 0) is 6.42 Å². The number of aryl methyl sites for hydroxylation is 1. The minimum absolute atomic E-state index is 0.371. The van der Waals surface area contributed by atoms with Crippen molar-refractivity contribution >= 4 is 22.4 Å². The van der Waals surface area contributed by atoms with Gasteiger partial charge in [-0.3, -0.25) is 4.68 Å². The van der Waals surface area contributed by atoms with Crippen molar-refractivity contribution in [3.05, 3.63) is 18.2 Å². The number of aromatic nitrogens is 4. The van der Waals surface area contributed by atoms with Crippen LogP contribution in [0.2, 0.25) is 0 Å². The van der Waals surface area contributed by atoms with E-state index in [0.717, 1.165) is 23.1 Å². The Kier molecular flexibility index (Phi) is 3.19. The van der Waals surface area contributed by atoms with E-state index in [1.807, 2.05) is 17.8 Å². The molecule has 0 fully saturated rings. The Hall–Kier alpha value is -1.43. The monoisotopic (exact) mass is 237 g/mol. The van der Waals surface area contributed by atoms with Crippen LogP contribution in [0.5, 0.6) is 0 Å². The van der Waals surface area contributed by atoms with E-state index in [1.165, 1.54) is 11.5 Å². The summed E-state index contributed by atoms with van der Waals surface area (Å²) in [6, 6.07) is 0.371. The van der Waals surface area contributed by atoms with Crippen LogP contribution in [0.4, 0.5) is 10.8 Å². The Morgan fingerprint density at radius 2 is 2.31 bits per heavy atom. The van der Waals surface area contributed by atoms with Gasteiger partial charge in [0.25, 0.3) is 0 Å². The topological polar surface area (TPSA) is 55.6 Å². The van der Waals surface area contributed by atoms with E-state index >= 15 is 0 Å². The van der Waals surface area contributed by atoms with Crippen LogP contribution in [-0.4, -0.2) is 19.1 Å². The fourth-order valence-corrected chi connectivity index (χ4v) is 1.93. The van der Waals surface area contributed by atoms with Gasteiger partial charge >= 0.3 is 0 Å². The second-order valence-electron chi connectivity index (χ2n) is 3.80. The number of anilines is 2. The molecule has 0 atom stereocenters. The van der Waals surface area contributed by atoms with Crippen molar-refractivity contribution in [1.29, 1.82) is 0 Å². The lowest BCUT2D eigenvalue weighted by atomic mass is 10.4. The van der Waals surface area contributed by atoms with Crippen LogP contribution in [0.25, 0.3) is 0 Å². The SMILES string of the molecule is CCc1nsc(Nc2cnn(C(C)C)c2)n1. The van der Waals surface area contributed by atoms with Gasteiger partial charge in [-0.2, -0.15) is 9.47 Å². The van der Waals surface area contributed by atoms with Crippen molar-refractivity contribution in [1.82, 2.24) is 19.1 Å². The van der Waals surface area contributed by atoms with Crippen LogP contribution < -0.4 is 5.32 Å². The van der Waals surface area contributed by atoms with E-state index in [2.05, 4.69) is 33.6 Å². The van der Waals surface area contributed by atoms with Gasteiger partial charge in [0, 0.05) is 30.2 Å². The smallest absolute Gasteiger partial charge is 0.207 e. The Bertz CT molecular complexity index is 459. The van der Waals surface area contributed by atoms with Crippen molar-refractivity contribution in [2.45, 2.75) is 33.2 Å². The third-order valence-corrected chi connectivity index (χ3v) is 2.83. The average molecular weight is 237 g/mol. The van der Waals surface area contributed by atoms with Gasteiger partial charge in [-0.15, -0.1) is 0 Å². The molecule has 1 N–H and O–H groups in total. The molecule has 0 radical (unpaired) electrons. The zero-order chi connectivity index (χ0) is 11.5. The Morgan fingerprint density at radius 1 is 1.50 bits per heavy atom. The van der Waals surface area contributed by atoms with Crippen molar-refractivity contribution in [3.8, 4) is 0 Å². The van der Waals surface area contributed by atoms with Gasteiger partial charge in [-0.1, -0.05) is 6.92 Å². The fourth-order valence-electron chi connectivity index (χ4n) is 1.26. The largest absolute Gasteiger partial charge is 0.328 e. The van der Waals surface area contributed by atoms with Crippen LogP contribution in [0.3, 0.4) is 0 Å². The first kappa shape index (κ1) is 11.1. The molecule has 0 amide bonds. The Labute approximate surface area is 98.7 Å². The van der Waals surface area contributed by atoms with Gasteiger partial charge in [0.1, 0.15) is 5.82 Å². The minimum atomic E-state index is 0.371. The van der Waals surface area contributed by atoms with Gasteiger partial charge in [0.15, 0.2) is 0 Å². The summed E-state index contributed by atoms with van der Waals surface area (Å²) < 4.78 is 6.12. The normalized spacial score (nSPS) is 11.0. The highest BCUT2D eigenvalue weighted by Crippen LogP contribution is 2.18. The van der Waals surface area contributed by atoms with Crippen molar-refractivity contribution in [3.63, 3.8) is 0 Å². The highest BCUT2D eigenvalue weighted by molar-refractivity contribution is 7.09.